The van der Waals surface area contributed by atoms with E-state index in [4.69, 9.17) is 9.47 Å². The second kappa shape index (κ2) is 5.95. The molecule has 1 atom stereocenters. The van der Waals surface area contributed by atoms with Gasteiger partial charge in [0.25, 0.3) is 5.69 Å². The number of carbonyl (C=O) groups excluding carboxylic acids is 1. The lowest BCUT2D eigenvalue weighted by Gasteiger charge is -2.11. The van der Waals surface area contributed by atoms with Gasteiger partial charge in [0.2, 0.25) is 0 Å². The Bertz CT molecular complexity index is 418. The molecule has 0 bridgehead atoms. The van der Waals surface area contributed by atoms with Gasteiger partial charge >= 0.3 is 5.97 Å². The minimum Gasteiger partial charge on any atom is -0.456 e. The molecule has 92 valence electrons. The smallest absolute Gasteiger partial charge is 0.345 e. The van der Waals surface area contributed by atoms with Gasteiger partial charge in [0.05, 0.1) is 11.5 Å². The van der Waals surface area contributed by atoms with Crippen molar-refractivity contribution in [1.82, 2.24) is 0 Å². The lowest BCUT2D eigenvalue weighted by atomic mass is 10.2. The summed E-state index contributed by atoms with van der Waals surface area (Å²) in [5.74, 6) is -0.721. The Morgan fingerprint density at radius 3 is 2.71 bits per heavy atom. The molecular weight excluding hydrogens is 226 g/mol. The number of hydrogen-bond donors (Lipinski definition) is 0. The Morgan fingerprint density at radius 1 is 1.47 bits per heavy atom. The average molecular weight is 239 g/mol. The highest BCUT2D eigenvalue weighted by Crippen LogP contribution is 2.19. The summed E-state index contributed by atoms with van der Waals surface area (Å²) in [7, 11) is 1.48. The number of ether oxygens (including phenoxy) is 2. The van der Waals surface area contributed by atoms with Gasteiger partial charge < -0.3 is 9.47 Å². The maximum Gasteiger partial charge on any atom is 0.345 e. The predicted octanol–water partition coefficient (Wildman–Crippen LogP) is 1.79. The maximum atomic E-state index is 11.7. The van der Waals surface area contributed by atoms with Crippen LogP contribution in [0, 0.1) is 10.1 Å². The lowest BCUT2D eigenvalue weighted by Crippen LogP contribution is -2.20. The largest absolute Gasteiger partial charge is 0.456 e. The van der Waals surface area contributed by atoms with Crippen LogP contribution in [0.3, 0.4) is 0 Å². The Kier molecular flexibility index (Phi) is 4.59. The van der Waals surface area contributed by atoms with Gasteiger partial charge in [0.1, 0.15) is 11.7 Å². The number of nitro benzene ring substituents is 1. The summed E-state index contributed by atoms with van der Waals surface area (Å²) >= 11 is 0. The number of carbonyl (C=O) groups is 1. The van der Waals surface area contributed by atoms with Gasteiger partial charge in [-0.1, -0.05) is 12.1 Å². The molecule has 0 unspecified atom stereocenters. The first kappa shape index (κ1) is 13.1. The monoisotopic (exact) mass is 239 g/mol. The number of para-hydroxylation sites is 1. The lowest BCUT2D eigenvalue weighted by molar-refractivity contribution is -0.385. The molecule has 0 aliphatic heterocycles. The average Bonchev–Trinajstić information content (AvgIpc) is 2.29. The molecule has 0 heterocycles. The summed E-state index contributed by atoms with van der Waals surface area (Å²) in [4.78, 5) is 21.8. The zero-order valence-corrected chi connectivity index (χ0v) is 9.58. The number of nitro groups is 1. The molecule has 0 amide bonds. The quantitative estimate of drug-likeness (QED) is 0.444. The molecule has 1 rings (SSSR count). The van der Waals surface area contributed by atoms with E-state index in [-0.39, 0.29) is 17.9 Å². The van der Waals surface area contributed by atoms with Crippen molar-refractivity contribution in [3.8, 4) is 0 Å². The van der Waals surface area contributed by atoms with E-state index in [1.54, 1.807) is 13.0 Å². The van der Waals surface area contributed by atoms with Crippen LogP contribution in [-0.2, 0) is 9.47 Å². The molecule has 0 spiro atoms. The fourth-order valence-corrected chi connectivity index (χ4v) is 1.32. The van der Waals surface area contributed by atoms with E-state index in [0.717, 1.165) is 0 Å². The summed E-state index contributed by atoms with van der Waals surface area (Å²) in [6.45, 7) is 1.89. The molecule has 6 nitrogen and oxygen atoms in total. The highest BCUT2D eigenvalue weighted by atomic mass is 16.6. The highest BCUT2D eigenvalue weighted by Gasteiger charge is 2.21. The van der Waals surface area contributed by atoms with Gasteiger partial charge in [0, 0.05) is 13.2 Å². The minimum absolute atomic E-state index is 0.0551. The molecule has 0 saturated carbocycles. The van der Waals surface area contributed by atoms with Crippen molar-refractivity contribution in [2.45, 2.75) is 13.0 Å². The molecule has 0 aromatic heterocycles. The van der Waals surface area contributed by atoms with Crippen LogP contribution >= 0.6 is 0 Å². The number of benzene rings is 1. The van der Waals surface area contributed by atoms with E-state index in [9.17, 15) is 14.9 Å². The van der Waals surface area contributed by atoms with Gasteiger partial charge in [-0.05, 0) is 13.0 Å². The topological polar surface area (TPSA) is 78.7 Å². The molecule has 0 aliphatic carbocycles. The van der Waals surface area contributed by atoms with E-state index in [1.807, 2.05) is 0 Å². The molecule has 0 fully saturated rings. The first-order valence-electron chi connectivity index (χ1n) is 4.99. The zero-order valence-electron chi connectivity index (χ0n) is 9.58. The Hall–Kier alpha value is -1.95. The Balaban J connectivity index is 2.85. The van der Waals surface area contributed by atoms with Crippen LogP contribution in [0.2, 0.25) is 0 Å². The van der Waals surface area contributed by atoms with E-state index in [0.29, 0.717) is 0 Å². The fourth-order valence-electron chi connectivity index (χ4n) is 1.32. The van der Waals surface area contributed by atoms with E-state index >= 15 is 0 Å². The van der Waals surface area contributed by atoms with Gasteiger partial charge in [0.15, 0.2) is 0 Å². The van der Waals surface area contributed by atoms with Crippen molar-refractivity contribution < 1.29 is 19.2 Å². The molecule has 0 radical (unpaired) electrons. The second-order valence-electron chi connectivity index (χ2n) is 3.45. The summed E-state index contributed by atoms with van der Waals surface area (Å²) < 4.78 is 9.81. The van der Waals surface area contributed by atoms with Gasteiger partial charge in [-0.2, -0.15) is 0 Å². The van der Waals surface area contributed by atoms with Crippen molar-refractivity contribution in [2.75, 3.05) is 13.7 Å². The third kappa shape index (κ3) is 3.53. The number of hydrogen-bond acceptors (Lipinski definition) is 5. The minimum atomic E-state index is -0.721. The molecule has 0 N–H and O–H groups in total. The predicted molar refractivity (Wildman–Crippen MR) is 59.8 cm³/mol. The molecule has 1 aromatic carbocycles. The molecule has 0 aliphatic rings. The van der Waals surface area contributed by atoms with E-state index in [2.05, 4.69) is 0 Å². The molecule has 1 aromatic rings. The fraction of sp³-hybridized carbons (Fsp3) is 0.364. The standard InChI is InChI=1S/C11H13NO5/c1-8(7-16-2)17-11(13)9-5-3-4-6-10(9)12(14)15/h3-6,8H,7H2,1-2H3/t8-/m1/s1. The van der Waals surface area contributed by atoms with Gasteiger partial charge in [-0.15, -0.1) is 0 Å². The van der Waals surface area contributed by atoms with E-state index < -0.39 is 17.0 Å². The van der Waals surface area contributed by atoms with Crippen LogP contribution in [0.5, 0.6) is 0 Å². The third-order valence-corrected chi connectivity index (χ3v) is 2.03. The van der Waals surface area contributed by atoms with Crippen molar-refractivity contribution >= 4 is 11.7 Å². The van der Waals surface area contributed by atoms with Gasteiger partial charge in [-0.25, -0.2) is 4.79 Å². The van der Waals surface area contributed by atoms with Crippen LogP contribution in [0.1, 0.15) is 17.3 Å². The first-order chi connectivity index (χ1) is 8.06. The molecule has 17 heavy (non-hydrogen) atoms. The second-order valence-corrected chi connectivity index (χ2v) is 3.45. The van der Waals surface area contributed by atoms with Crippen LogP contribution in [-0.4, -0.2) is 30.7 Å². The normalized spacial score (nSPS) is 11.9. The van der Waals surface area contributed by atoms with E-state index in [1.165, 1.54) is 25.3 Å². The highest BCUT2D eigenvalue weighted by molar-refractivity contribution is 5.93. The molecule has 0 saturated heterocycles. The van der Waals surface area contributed by atoms with Gasteiger partial charge in [-0.3, -0.25) is 10.1 Å². The van der Waals surface area contributed by atoms with Crippen molar-refractivity contribution in [1.29, 1.82) is 0 Å². The Labute approximate surface area is 98.3 Å². The van der Waals surface area contributed by atoms with Crippen molar-refractivity contribution in [3.63, 3.8) is 0 Å². The third-order valence-electron chi connectivity index (χ3n) is 2.03. The number of rotatable bonds is 5. The summed E-state index contributed by atoms with van der Waals surface area (Å²) in [5, 5.41) is 10.7. The number of nitrogens with zero attached hydrogens (tertiary/aromatic N) is 1. The van der Waals surface area contributed by atoms with Crippen molar-refractivity contribution in [3.05, 3.63) is 39.9 Å². The van der Waals surface area contributed by atoms with Crippen LogP contribution < -0.4 is 0 Å². The molecule has 6 heteroatoms. The summed E-state index contributed by atoms with van der Waals surface area (Å²) in [6, 6.07) is 5.66. The zero-order chi connectivity index (χ0) is 12.8. The number of esters is 1. The number of methoxy groups -OCH3 is 1. The summed E-state index contributed by atoms with van der Waals surface area (Å²) in [5.41, 5.74) is -0.317. The van der Waals surface area contributed by atoms with Crippen LogP contribution in [0.25, 0.3) is 0 Å². The SMILES string of the molecule is COC[C@@H](C)OC(=O)c1ccccc1[N+](=O)[O-]. The Morgan fingerprint density at radius 2 is 2.12 bits per heavy atom. The van der Waals surface area contributed by atoms with Crippen molar-refractivity contribution in [2.24, 2.45) is 0 Å². The maximum absolute atomic E-state index is 11.7. The molecular formula is C11H13NO5. The first-order valence-corrected chi connectivity index (χ1v) is 4.99. The van der Waals surface area contributed by atoms with Crippen LogP contribution in [0.4, 0.5) is 5.69 Å². The summed E-state index contributed by atoms with van der Waals surface area (Å²) in [6.07, 6.45) is -0.452. The van der Waals surface area contributed by atoms with Crippen LogP contribution in [0.15, 0.2) is 24.3 Å².